The van der Waals surface area contributed by atoms with Crippen molar-refractivity contribution in [2.45, 2.75) is 19.6 Å². The maximum atomic E-state index is 11.5. The zero-order valence-electron chi connectivity index (χ0n) is 9.35. The number of carbonyl (C=O) groups excluding carboxylic acids is 1. The molecule has 1 amide bonds. The Morgan fingerprint density at radius 3 is 2.69 bits per heavy atom. The van der Waals surface area contributed by atoms with Gasteiger partial charge >= 0.3 is 6.09 Å². The Bertz CT molecular complexity index is 375. The number of nitrogens with two attached hydrogens (primary N) is 1. The zero-order chi connectivity index (χ0) is 11.5. The number of hydrogen-bond acceptors (Lipinski definition) is 3. The van der Waals surface area contributed by atoms with Crippen LogP contribution in [0, 0.1) is 6.92 Å². The standard InChI is InChI=1S/C12H16N2O2/c1-9-2-4-10(5-3-9)7-14-8-11(6-13)16-12(14)15/h2-5,11H,6-8,13H2,1H3. The molecule has 16 heavy (non-hydrogen) atoms. The molecule has 0 saturated carbocycles. The van der Waals surface area contributed by atoms with Gasteiger partial charge in [0.1, 0.15) is 6.10 Å². The number of nitrogens with zero attached hydrogens (tertiary/aromatic N) is 1. The molecule has 1 fully saturated rings. The molecule has 1 aromatic rings. The molecular formula is C12H16N2O2. The lowest BCUT2D eigenvalue weighted by atomic mass is 10.1. The fraction of sp³-hybridized carbons (Fsp3) is 0.417. The summed E-state index contributed by atoms with van der Waals surface area (Å²) in [5.41, 5.74) is 7.79. The molecular weight excluding hydrogens is 204 g/mol. The van der Waals surface area contributed by atoms with E-state index in [9.17, 15) is 4.79 Å². The highest BCUT2D eigenvalue weighted by atomic mass is 16.6. The predicted octanol–water partition coefficient (Wildman–Crippen LogP) is 1.27. The van der Waals surface area contributed by atoms with Gasteiger partial charge in [0, 0.05) is 13.1 Å². The summed E-state index contributed by atoms with van der Waals surface area (Å²) in [6, 6.07) is 8.13. The molecule has 86 valence electrons. The summed E-state index contributed by atoms with van der Waals surface area (Å²) >= 11 is 0. The molecule has 2 rings (SSSR count). The van der Waals surface area contributed by atoms with Crippen molar-refractivity contribution in [2.75, 3.05) is 13.1 Å². The first kappa shape index (κ1) is 11.0. The lowest BCUT2D eigenvalue weighted by Crippen LogP contribution is -2.27. The van der Waals surface area contributed by atoms with Crippen molar-refractivity contribution in [3.63, 3.8) is 0 Å². The Morgan fingerprint density at radius 2 is 2.12 bits per heavy atom. The monoisotopic (exact) mass is 220 g/mol. The molecule has 1 aliphatic heterocycles. The number of rotatable bonds is 3. The van der Waals surface area contributed by atoms with Crippen LogP contribution in [0.1, 0.15) is 11.1 Å². The van der Waals surface area contributed by atoms with Crippen molar-refractivity contribution in [2.24, 2.45) is 5.73 Å². The molecule has 2 N–H and O–H groups in total. The van der Waals surface area contributed by atoms with E-state index in [1.54, 1.807) is 4.90 Å². The fourth-order valence-electron chi connectivity index (χ4n) is 1.74. The molecule has 1 aliphatic rings. The van der Waals surface area contributed by atoms with Crippen molar-refractivity contribution in [1.29, 1.82) is 0 Å². The van der Waals surface area contributed by atoms with Crippen LogP contribution in [0.3, 0.4) is 0 Å². The normalized spacial score (nSPS) is 20.0. The molecule has 0 aromatic heterocycles. The van der Waals surface area contributed by atoms with E-state index in [0.29, 0.717) is 19.6 Å². The maximum Gasteiger partial charge on any atom is 0.410 e. The third kappa shape index (κ3) is 2.33. The van der Waals surface area contributed by atoms with Gasteiger partial charge in [-0.3, -0.25) is 0 Å². The lowest BCUT2D eigenvalue weighted by Gasteiger charge is -2.12. The average molecular weight is 220 g/mol. The highest BCUT2D eigenvalue weighted by Gasteiger charge is 2.29. The molecule has 0 bridgehead atoms. The van der Waals surface area contributed by atoms with Gasteiger partial charge in [-0.2, -0.15) is 0 Å². The van der Waals surface area contributed by atoms with Gasteiger partial charge in [-0.05, 0) is 12.5 Å². The van der Waals surface area contributed by atoms with Crippen LogP contribution >= 0.6 is 0 Å². The van der Waals surface area contributed by atoms with Gasteiger partial charge in [0.25, 0.3) is 0 Å². The van der Waals surface area contributed by atoms with Crippen LogP contribution in [-0.2, 0) is 11.3 Å². The van der Waals surface area contributed by atoms with Crippen molar-refractivity contribution in [1.82, 2.24) is 4.90 Å². The van der Waals surface area contributed by atoms with Crippen LogP contribution in [0.2, 0.25) is 0 Å². The van der Waals surface area contributed by atoms with Gasteiger partial charge in [-0.25, -0.2) is 4.79 Å². The minimum atomic E-state index is -0.268. The fourth-order valence-corrected chi connectivity index (χ4v) is 1.74. The third-order valence-corrected chi connectivity index (χ3v) is 2.71. The molecule has 1 atom stereocenters. The van der Waals surface area contributed by atoms with Crippen molar-refractivity contribution < 1.29 is 9.53 Å². The smallest absolute Gasteiger partial charge is 0.410 e. The van der Waals surface area contributed by atoms with Gasteiger partial charge in [-0.1, -0.05) is 29.8 Å². The number of aryl methyl sites for hydroxylation is 1. The van der Waals surface area contributed by atoms with Crippen LogP contribution in [0.5, 0.6) is 0 Å². The Kier molecular flexibility index (Phi) is 3.10. The molecule has 0 spiro atoms. The average Bonchev–Trinajstić information content (AvgIpc) is 2.63. The van der Waals surface area contributed by atoms with Gasteiger partial charge in [0.05, 0.1) is 6.54 Å². The highest BCUT2D eigenvalue weighted by molar-refractivity contribution is 5.69. The molecule has 1 aromatic carbocycles. The first-order valence-corrected chi connectivity index (χ1v) is 5.40. The van der Waals surface area contributed by atoms with Gasteiger partial charge in [-0.15, -0.1) is 0 Å². The molecule has 4 heteroatoms. The SMILES string of the molecule is Cc1ccc(CN2CC(CN)OC2=O)cc1. The van der Waals surface area contributed by atoms with E-state index in [1.807, 2.05) is 31.2 Å². The lowest BCUT2D eigenvalue weighted by molar-refractivity contribution is 0.134. The topological polar surface area (TPSA) is 55.6 Å². The Hall–Kier alpha value is -1.55. The van der Waals surface area contributed by atoms with Crippen LogP contribution in [0.25, 0.3) is 0 Å². The number of benzene rings is 1. The Balaban J connectivity index is 2.00. The summed E-state index contributed by atoms with van der Waals surface area (Å²) < 4.78 is 5.08. The summed E-state index contributed by atoms with van der Waals surface area (Å²) in [4.78, 5) is 13.1. The van der Waals surface area contributed by atoms with E-state index in [0.717, 1.165) is 5.56 Å². The minimum Gasteiger partial charge on any atom is -0.443 e. The second-order valence-corrected chi connectivity index (χ2v) is 4.11. The van der Waals surface area contributed by atoms with Crippen LogP contribution in [0.15, 0.2) is 24.3 Å². The molecule has 0 radical (unpaired) electrons. The van der Waals surface area contributed by atoms with E-state index in [2.05, 4.69) is 0 Å². The zero-order valence-corrected chi connectivity index (χ0v) is 9.35. The molecule has 1 unspecified atom stereocenters. The summed E-state index contributed by atoms with van der Waals surface area (Å²) in [6.07, 6.45) is -0.422. The van der Waals surface area contributed by atoms with Gasteiger partial charge < -0.3 is 15.4 Å². The summed E-state index contributed by atoms with van der Waals surface area (Å²) in [7, 11) is 0. The summed E-state index contributed by atoms with van der Waals surface area (Å²) in [6.45, 7) is 3.60. The first-order valence-electron chi connectivity index (χ1n) is 5.40. The highest BCUT2D eigenvalue weighted by Crippen LogP contribution is 2.14. The van der Waals surface area contributed by atoms with Crippen molar-refractivity contribution in [3.05, 3.63) is 35.4 Å². The largest absolute Gasteiger partial charge is 0.443 e. The second-order valence-electron chi connectivity index (χ2n) is 4.11. The van der Waals surface area contributed by atoms with Crippen LogP contribution in [0.4, 0.5) is 4.79 Å². The number of cyclic esters (lactones) is 1. The summed E-state index contributed by atoms with van der Waals surface area (Å²) in [5.74, 6) is 0. The first-order chi connectivity index (χ1) is 7.69. The Labute approximate surface area is 95.0 Å². The van der Waals surface area contributed by atoms with Crippen LogP contribution < -0.4 is 5.73 Å². The van der Waals surface area contributed by atoms with Crippen molar-refractivity contribution >= 4 is 6.09 Å². The van der Waals surface area contributed by atoms with Gasteiger partial charge in [0.2, 0.25) is 0 Å². The number of amides is 1. The minimum absolute atomic E-state index is 0.155. The predicted molar refractivity (Wildman–Crippen MR) is 60.9 cm³/mol. The number of hydrogen-bond donors (Lipinski definition) is 1. The number of carbonyl (C=O) groups is 1. The summed E-state index contributed by atoms with van der Waals surface area (Å²) in [5, 5.41) is 0. The molecule has 0 aliphatic carbocycles. The third-order valence-electron chi connectivity index (χ3n) is 2.71. The van der Waals surface area contributed by atoms with E-state index < -0.39 is 0 Å². The maximum absolute atomic E-state index is 11.5. The number of ether oxygens (including phenoxy) is 1. The van der Waals surface area contributed by atoms with Crippen LogP contribution in [-0.4, -0.2) is 30.2 Å². The molecule has 4 nitrogen and oxygen atoms in total. The van der Waals surface area contributed by atoms with E-state index in [4.69, 9.17) is 10.5 Å². The molecule has 1 heterocycles. The van der Waals surface area contributed by atoms with Gasteiger partial charge in [0.15, 0.2) is 0 Å². The van der Waals surface area contributed by atoms with E-state index >= 15 is 0 Å². The van der Waals surface area contributed by atoms with E-state index in [1.165, 1.54) is 5.56 Å². The molecule has 1 saturated heterocycles. The van der Waals surface area contributed by atoms with Crippen molar-refractivity contribution in [3.8, 4) is 0 Å². The Morgan fingerprint density at radius 1 is 1.44 bits per heavy atom. The second kappa shape index (κ2) is 4.53. The quantitative estimate of drug-likeness (QED) is 0.834. The van der Waals surface area contributed by atoms with E-state index in [-0.39, 0.29) is 12.2 Å².